The Kier molecular flexibility index (Phi) is 2.64. The highest BCUT2D eigenvalue weighted by atomic mass is 79.9. The first-order valence-corrected chi connectivity index (χ1v) is 5.15. The molecule has 1 heterocycles. The standard InChI is InChI=1S/C10H10BrN3O/c1-15-8-5-3-2-4-7(8)14-6-9(11)13-10(14)12/h2-6H,1H3,(H2,12,13). The van der Waals surface area contributed by atoms with E-state index in [9.17, 15) is 0 Å². The number of nitrogen functional groups attached to an aromatic ring is 1. The molecule has 78 valence electrons. The van der Waals surface area contributed by atoms with E-state index >= 15 is 0 Å². The molecule has 1 aromatic carbocycles. The van der Waals surface area contributed by atoms with Gasteiger partial charge in [0.2, 0.25) is 5.95 Å². The Morgan fingerprint density at radius 3 is 2.73 bits per heavy atom. The molecule has 5 heteroatoms. The van der Waals surface area contributed by atoms with Gasteiger partial charge in [0.1, 0.15) is 10.4 Å². The zero-order chi connectivity index (χ0) is 10.8. The molecule has 0 aliphatic heterocycles. The highest BCUT2D eigenvalue weighted by Crippen LogP contribution is 2.25. The Hall–Kier alpha value is -1.49. The minimum absolute atomic E-state index is 0.423. The van der Waals surface area contributed by atoms with E-state index in [0.29, 0.717) is 10.6 Å². The van der Waals surface area contributed by atoms with Gasteiger partial charge in [-0.2, -0.15) is 0 Å². The molecule has 4 nitrogen and oxygen atoms in total. The molecule has 2 aromatic rings. The lowest BCUT2D eigenvalue weighted by Crippen LogP contribution is -2.01. The zero-order valence-electron chi connectivity index (χ0n) is 8.14. The zero-order valence-corrected chi connectivity index (χ0v) is 9.73. The number of aromatic nitrogens is 2. The normalized spacial score (nSPS) is 10.3. The van der Waals surface area contributed by atoms with Crippen LogP contribution in [0.25, 0.3) is 5.69 Å². The van der Waals surface area contributed by atoms with Gasteiger partial charge in [0.25, 0.3) is 0 Å². The lowest BCUT2D eigenvalue weighted by atomic mass is 10.3. The molecule has 0 saturated carbocycles. The fourth-order valence-electron chi connectivity index (χ4n) is 1.39. The SMILES string of the molecule is COc1ccccc1-n1cc(Br)nc1N. The summed E-state index contributed by atoms with van der Waals surface area (Å²) in [7, 11) is 1.63. The van der Waals surface area contributed by atoms with Crippen LogP contribution in [0.15, 0.2) is 35.1 Å². The molecule has 0 spiro atoms. The van der Waals surface area contributed by atoms with E-state index in [1.165, 1.54) is 0 Å². The van der Waals surface area contributed by atoms with Crippen molar-refractivity contribution in [2.45, 2.75) is 0 Å². The number of nitrogens with two attached hydrogens (primary N) is 1. The lowest BCUT2D eigenvalue weighted by Gasteiger charge is -2.09. The number of nitrogens with zero attached hydrogens (tertiary/aromatic N) is 2. The molecule has 0 amide bonds. The summed E-state index contributed by atoms with van der Waals surface area (Å²) in [6.07, 6.45) is 1.80. The molecule has 2 rings (SSSR count). The van der Waals surface area contributed by atoms with Crippen LogP contribution >= 0.6 is 15.9 Å². The Morgan fingerprint density at radius 2 is 2.13 bits per heavy atom. The van der Waals surface area contributed by atoms with E-state index < -0.39 is 0 Å². The van der Waals surface area contributed by atoms with Gasteiger partial charge in [0.05, 0.1) is 12.8 Å². The van der Waals surface area contributed by atoms with Crippen LogP contribution in [0, 0.1) is 0 Å². The summed E-state index contributed by atoms with van der Waals surface area (Å²) in [6, 6.07) is 7.63. The first-order chi connectivity index (χ1) is 7.22. The maximum atomic E-state index is 5.76. The minimum atomic E-state index is 0.423. The summed E-state index contributed by atoms with van der Waals surface area (Å²) < 4.78 is 7.71. The predicted octanol–water partition coefficient (Wildman–Crippen LogP) is 2.23. The number of anilines is 1. The van der Waals surface area contributed by atoms with Gasteiger partial charge in [0.15, 0.2) is 0 Å². The van der Waals surface area contributed by atoms with Crippen molar-refractivity contribution in [1.29, 1.82) is 0 Å². The van der Waals surface area contributed by atoms with Crippen LogP contribution in [-0.4, -0.2) is 16.7 Å². The van der Waals surface area contributed by atoms with Crippen LogP contribution in [-0.2, 0) is 0 Å². The summed E-state index contributed by atoms with van der Waals surface area (Å²) in [5.74, 6) is 1.18. The largest absolute Gasteiger partial charge is 0.495 e. The number of imidazole rings is 1. The van der Waals surface area contributed by atoms with Crippen molar-refractivity contribution >= 4 is 21.9 Å². The number of ether oxygens (including phenoxy) is 1. The Bertz CT molecular complexity index is 481. The van der Waals surface area contributed by atoms with Crippen LogP contribution in [0.2, 0.25) is 0 Å². The molecule has 0 fully saturated rings. The van der Waals surface area contributed by atoms with Gasteiger partial charge in [-0.3, -0.25) is 4.57 Å². The second-order valence-corrected chi connectivity index (χ2v) is 3.78. The first-order valence-electron chi connectivity index (χ1n) is 4.36. The van der Waals surface area contributed by atoms with Crippen molar-refractivity contribution < 1.29 is 4.74 Å². The average Bonchev–Trinajstić information content (AvgIpc) is 2.57. The van der Waals surface area contributed by atoms with Crippen LogP contribution in [0.5, 0.6) is 5.75 Å². The van der Waals surface area contributed by atoms with Gasteiger partial charge in [-0.1, -0.05) is 12.1 Å². The summed E-state index contributed by atoms with van der Waals surface area (Å²) in [5, 5.41) is 0. The Morgan fingerprint density at radius 1 is 1.40 bits per heavy atom. The van der Waals surface area contributed by atoms with Crippen molar-refractivity contribution in [1.82, 2.24) is 9.55 Å². The maximum absolute atomic E-state index is 5.76. The number of rotatable bonds is 2. The molecule has 0 unspecified atom stereocenters. The van der Waals surface area contributed by atoms with E-state index in [4.69, 9.17) is 10.5 Å². The third-order valence-electron chi connectivity index (χ3n) is 2.05. The number of methoxy groups -OCH3 is 1. The molecule has 0 radical (unpaired) electrons. The van der Waals surface area contributed by atoms with Crippen LogP contribution < -0.4 is 10.5 Å². The number of hydrogen-bond acceptors (Lipinski definition) is 3. The summed E-state index contributed by atoms with van der Waals surface area (Å²) in [6.45, 7) is 0. The highest BCUT2D eigenvalue weighted by Gasteiger charge is 2.08. The second kappa shape index (κ2) is 3.94. The highest BCUT2D eigenvalue weighted by molar-refractivity contribution is 9.10. The van der Waals surface area contributed by atoms with Crippen molar-refractivity contribution in [3.8, 4) is 11.4 Å². The number of para-hydroxylation sites is 2. The Labute approximate surface area is 95.8 Å². The molecule has 0 bridgehead atoms. The van der Waals surface area contributed by atoms with E-state index in [-0.39, 0.29) is 0 Å². The van der Waals surface area contributed by atoms with Crippen molar-refractivity contribution in [3.63, 3.8) is 0 Å². The van der Waals surface area contributed by atoms with E-state index in [1.54, 1.807) is 17.9 Å². The summed E-state index contributed by atoms with van der Waals surface area (Å²) in [5.41, 5.74) is 6.63. The fourth-order valence-corrected chi connectivity index (χ4v) is 1.77. The van der Waals surface area contributed by atoms with Crippen LogP contribution in [0.1, 0.15) is 0 Å². The van der Waals surface area contributed by atoms with Gasteiger partial charge in [-0.25, -0.2) is 4.98 Å². The van der Waals surface area contributed by atoms with E-state index in [0.717, 1.165) is 11.4 Å². The molecule has 2 N–H and O–H groups in total. The predicted molar refractivity (Wildman–Crippen MR) is 62.2 cm³/mol. The van der Waals surface area contributed by atoms with Gasteiger partial charge in [-0.15, -0.1) is 0 Å². The lowest BCUT2D eigenvalue weighted by molar-refractivity contribution is 0.413. The van der Waals surface area contributed by atoms with E-state index in [2.05, 4.69) is 20.9 Å². The van der Waals surface area contributed by atoms with Crippen molar-refractivity contribution in [2.75, 3.05) is 12.8 Å². The van der Waals surface area contributed by atoms with Gasteiger partial charge in [0, 0.05) is 6.20 Å². The maximum Gasteiger partial charge on any atom is 0.206 e. The van der Waals surface area contributed by atoms with Crippen LogP contribution in [0.4, 0.5) is 5.95 Å². The first kappa shape index (κ1) is 10.0. The second-order valence-electron chi connectivity index (χ2n) is 2.96. The van der Waals surface area contributed by atoms with Gasteiger partial charge >= 0.3 is 0 Å². The summed E-state index contributed by atoms with van der Waals surface area (Å²) >= 11 is 3.27. The molecular weight excluding hydrogens is 258 g/mol. The number of hydrogen-bond donors (Lipinski definition) is 1. The van der Waals surface area contributed by atoms with Gasteiger partial charge < -0.3 is 10.5 Å². The number of halogens is 1. The third-order valence-corrected chi connectivity index (χ3v) is 2.43. The quantitative estimate of drug-likeness (QED) is 0.908. The average molecular weight is 268 g/mol. The molecule has 0 aliphatic rings. The molecular formula is C10H10BrN3O. The monoisotopic (exact) mass is 267 g/mol. The van der Waals surface area contributed by atoms with Crippen molar-refractivity contribution in [3.05, 3.63) is 35.1 Å². The molecule has 0 saturated heterocycles. The number of benzene rings is 1. The molecule has 1 aromatic heterocycles. The topological polar surface area (TPSA) is 53.1 Å². The third kappa shape index (κ3) is 1.83. The van der Waals surface area contributed by atoms with E-state index in [1.807, 2.05) is 24.3 Å². The fraction of sp³-hybridized carbons (Fsp3) is 0.100. The van der Waals surface area contributed by atoms with Gasteiger partial charge in [-0.05, 0) is 28.1 Å². The molecule has 15 heavy (non-hydrogen) atoms. The van der Waals surface area contributed by atoms with Crippen LogP contribution in [0.3, 0.4) is 0 Å². The minimum Gasteiger partial charge on any atom is -0.495 e. The smallest absolute Gasteiger partial charge is 0.206 e. The Balaban J connectivity index is 2.58. The molecule has 0 aliphatic carbocycles. The van der Waals surface area contributed by atoms with Crippen molar-refractivity contribution in [2.24, 2.45) is 0 Å². The summed E-state index contributed by atoms with van der Waals surface area (Å²) in [4.78, 5) is 4.06. The molecule has 0 atom stereocenters.